The molecule has 9 nitrogen and oxygen atoms in total. The van der Waals surface area contributed by atoms with Crippen LogP contribution in [0.3, 0.4) is 0 Å². The monoisotopic (exact) mass is 490 g/mol. The number of imidazole rings is 1. The lowest BCUT2D eigenvalue weighted by Gasteiger charge is -2.25. The Bertz CT molecular complexity index is 1190. The van der Waals surface area contributed by atoms with Gasteiger partial charge in [-0.05, 0) is 37.1 Å². The highest BCUT2D eigenvalue weighted by molar-refractivity contribution is 6.55. The Labute approximate surface area is 209 Å². The van der Waals surface area contributed by atoms with E-state index in [1.807, 2.05) is 30.3 Å². The molecule has 2 amide bonds. The smallest absolute Gasteiger partial charge is 0.250 e. The Hall–Kier alpha value is -3.99. The molecular formula is C25H26BFN5O4-. The molecule has 1 aromatic heterocycles. The van der Waals surface area contributed by atoms with E-state index in [0.29, 0.717) is 6.54 Å². The number of hydrogen-bond donors (Lipinski definition) is 2. The Morgan fingerprint density at radius 2 is 1.86 bits per heavy atom. The standard InChI is InChI=1S/C25H27BFN5O4/c1-25(2,31-24(26)35)23(34)29-20(15-36-14-18-6-4-3-5-7-18)22(33)30-21-13-32(16-28-21)12-17-8-10-19(27)11-9-17/h3-11,13,16,20H,12,14-15H2,1-2H3,(H,29,34)(H,30,33)(H,31,35)/p-1/t20-/m1/s1. The van der Waals surface area contributed by atoms with Crippen molar-refractivity contribution in [2.75, 3.05) is 11.9 Å². The number of aliphatic imine (C=N–C) groups is 1. The largest absolute Gasteiger partial charge is 0.870 e. The predicted molar refractivity (Wildman–Crippen MR) is 132 cm³/mol. The van der Waals surface area contributed by atoms with E-state index >= 15 is 0 Å². The van der Waals surface area contributed by atoms with Crippen molar-refractivity contribution in [3.63, 3.8) is 0 Å². The van der Waals surface area contributed by atoms with Crippen molar-refractivity contribution in [1.29, 1.82) is 0 Å². The van der Waals surface area contributed by atoms with Crippen LogP contribution in [-0.2, 0) is 27.5 Å². The van der Waals surface area contributed by atoms with Gasteiger partial charge >= 0.3 is 0 Å². The Morgan fingerprint density at radius 3 is 2.53 bits per heavy atom. The van der Waals surface area contributed by atoms with E-state index in [1.165, 1.54) is 32.3 Å². The highest BCUT2D eigenvalue weighted by atomic mass is 19.1. The summed E-state index contributed by atoms with van der Waals surface area (Å²) >= 11 is 0. The fraction of sp³-hybridized carbons (Fsp3) is 0.280. The number of anilines is 1. The van der Waals surface area contributed by atoms with Crippen LogP contribution in [0.15, 0.2) is 72.1 Å². The summed E-state index contributed by atoms with van der Waals surface area (Å²) in [4.78, 5) is 33.5. The molecule has 3 rings (SSSR count). The van der Waals surface area contributed by atoms with E-state index in [4.69, 9.17) is 12.6 Å². The minimum atomic E-state index is -1.49. The molecular weight excluding hydrogens is 464 g/mol. The molecule has 0 fully saturated rings. The molecule has 186 valence electrons. The van der Waals surface area contributed by atoms with E-state index in [2.05, 4.69) is 20.6 Å². The molecule has 0 bridgehead atoms. The topological polar surface area (TPSA) is 121 Å². The number of halogens is 1. The predicted octanol–water partition coefficient (Wildman–Crippen LogP) is 1.37. The molecule has 2 radical (unpaired) electrons. The number of amides is 2. The third-order valence-electron chi connectivity index (χ3n) is 5.13. The molecule has 0 saturated heterocycles. The van der Waals surface area contributed by atoms with Crippen LogP contribution in [0.4, 0.5) is 10.2 Å². The lowest BCUT2D eigenvalue weighted by atomic mass is 10.0. The van der Waals surface area contributed by atoms with Gasteiger partial charge in [0.2, 0.25) is 5.91 Å². The third-order valence-corrected chi connectivity index (χ3v) is 5.13. The van der Waals surface area contributed by atoms with Crippen LogP contribution in [0.2, 0.25) is 0 Å². The van der Waals surface area contributed by atoms with E-state index in [0.717, 1.165) is 11.1 Å². The lowest BCUT2D eigenvalue weighted by molar-refractivity contribution is -0.208. The number of hydrogen-bond acceptors (Lipinski definition) is 6. The molecule has 3 aromatic rings. The molecule has 0 saturated carbocycles. The maximum Gasteiger partial charge on any atom is 0.250 e. The van der Waals surface area contributed by atoms with E-state index in [1.54, 1.807) is 22.9 Å². The molecule has 0 spiro atoms. The number of carbonyl (C=O) groups excluding carboxylic acids is 2. The van der Waals surface area contributed by atoms with E-state index in [-0.39, 0.29) is 24.8 Å². The second kappa shape index (κ2) is 12.1. The van der Waals surface area contributed by atoms with Gasteiger partial charge in [0.15, 0.2) is 5.82 Å². The molecule has 0 unspecified atom stereocenters. The average Bonchev–Trinajstić information content (AvgIpc) is 3.26. The zero-order valence-electron chi connectivity index (χ0n) is 20.0. The second-order valence-corrected chi connectivity index (χ2v) is 8.58. The number of nitrogens with zero attached hydrogens (tertiary/aromatic N) is 3. The van der Waals surface area contributed by atoms with Crippen LogP contribution >= 0.6 is 0 Å². The number of benzene rings is 2. The maximum absolute atomic E-state index is 13.1. The lowest BCUT2D eigenvalue weighted by Crippen LogP contribution is -2.52. The summed E-state index contributed by atoms with van der Waals surface area (Å²) in [6.07, 6.45) is 3.13. The number of nitrogens with one attached hydrogen (secondary N) is 2. The number of carbonyl (C=O) groups is 2. The number of rotatable bonds is 11. The summed E-state index contributed by atoms with van der Waals surface area (Å²) in [5.41, 5.74) is 0.263. The Balaban J connectivity index is 1.67. The first kappa shape index (κ1) is 26.6. The fourth-order valence-electron chi connectivity index (χ4n) is 3.24. The highest BCUT2D eigenvalue weighted by Crippen LogP contribution is 2.12. The van der Waals surface area contributed by atoms with Gasteiger partial charge in [-0.3, -0.25) is 9.59 Å². The van der Waals surface area contributed by atoms with Crippen molar-refractivity contribution in [2.45, 2.75) is 38.6 Å². The molecule has 0 aliphatic heterocycles. The Kier molecular flexibility index (Phi) is 8.96. The van der Waals surface area contributed by atoms with Crippen molar-refractivity contribution in [3.05, 3.63) is 84.1 Å². The third kappa shape index (κ3) is 8.05. The molecule has 2 N–H and O–H groups in total. The second-order valence-electron chi connectivity index (χ2n) is 8.58. The Morgan fingerprint density at radius 1 is 1.17 bits per heavy atom. The fourth-order valence-corrected chi connectivity index (χ4v) is 3.24. The summed E-state index contributed by atoms with van der Waals surface area (Å²) in [6.45, 7) is 3.32. The summed E-state index contributed by atoms with van der Waals surface area (Å²) in [5, 5.41) is 16.4. The van der Waals surface area contributed by atoms with Gasteiger partial charge in [-0.2, -0.15) is 0 Å². The zero-order valence-corrected chi connectivity index (χ0v) is 20.0. The average molecular weight is 490 g/mol. The van der Waals surface area contributed by atoms with Crippen LogP contribution in [0, 0.1) is 5.82 Å². The van der Waals surface area contributed by atoms with Crippen molar-refractivity contribution in [3.8, 4) is 0 Å². The zero-order chi connectivity index (χ0) is 26.1. The molecule has 1 heterocycles. The highest BCUT2D eigenvalue weighted by Gasteiger charge is 2.31. The van der Waals surface area contributed by atoms with Gasteiger partial charge in [0, 0.05) is 12.7 Å². The number of aromatic nitrogens is 2. The number of ether oxygens (including phenoxy) is 1. The van der Waals surface area contributed by atoms with Crippen LogP contribution in [0.25, 0.3) is 0 Å². The summed E-state index contributed by atoms with van der Waals surface area (Å²) < 4.78 is 20.5. The maximum atomic E-state index is 13.1. The quantitative estimate of drug-likeness (QED) is 0.239. The van der Waals surface area contributed by atoms with E-state index < -0.39 is 29.2 Å². The minimum Gasteiger partial charge on any atom is -0.870 e. The van der Waals surface area contributed by atoms with E-state index in [9.17, 15) is 19.1 Å². The van der Waals surface area contributed by atoms with Crippen molar-refractivity contribution in [2.24, 2.45) is 4.99 Å². The van der Waals surface area contributed by atoms with Gasteiger partial charge in [0.25, 0.3) is 5.91 Å². The van der Waals surface area contributed by atoms with Crippen molar-refractivity contribution in [1.82, 2.24) is 14.9 Å². The normalized spacial score (nSPS) is 12.7. The molecule has 11 heteroatoms. The first-order valence-electron chi connectivity index (χ1n) is 11.1. The van der Waals surface area contributed by atoms with Gasteiger partial charge in [-0.25, -0.2) is 9.37 Å². The summed E-state index contributed by atoms with van der Waals surface area (Å²) in [6, 6.07) is 14.3. The van der Waals surface area contributed by atoms with Crippen LogP contribution in [-0.4, -0.2) is 53.2 Å². The van der Waals surface area contributed by atoms with Crippen LogP contribution in [0.1, 0.15) is 25.0 Å². The summed E-state index contributed by atoms with van der Waals surface area (Å²) in [7, 11) is 5.10. The van der Waals surface area contributed by atoms with Gasteiger partial charge < -0.3 is 30.0 Å². The van der Waals surface area contributed by atoms with Gasteiger partial charge in [0.05, 0.1) is 19.5 Å². The van der Waals surface area contributed by atoms with Gasteiger partial charge in [-0.1, -0.05) is 48.3 Å². The SMILES string of the molecule is [B]C([O-])=NC(C)(C)C(=O)N[C@H](COCc1ccccc1)C(=O)Nc1cn(Cc2ccc(F)cc2)cn1. The van der Waals surface area contributed by atoms with Crippen molar-refractivity contribution >= 4 is 31.3 Å². The molecule has 36 heavy (non-hydrogen) atoms. The van der Waals surface area contributed by atoms with Crippen LogP contribution in [0.5, 0.6) is 0 Å². The minimum absolute atomic E-state index is 0.143. The first-order chi connectivity index (χ1) is 17.1. The van der Waals surface area contributed by atoms with Crippen LogP contribution < -0.4 is 15.7 Å². The molecule has 0 aliphatic rings. The van der Waals surface area contributed by atoms with Crippen molar-refractivity contribution < 1.29 is 23.8 Å². The van der Waals surface area contributed by atoms with Gasteiger partial charge in [-0.15, -0.1) is 0 Å². The summed E-state index contributed by atoms with van der Waals surface area (Å²) in [5.74, 6) is -2.31. The van der Waals surface area contributed by atoms with Gasteiger partial charge in [0.1, 0.15) is 25.2 Å². The first-order valence-corrected chi connectivity index (χ1v) is 11.1. The molecule has 0 aliphatic carbocycles. The molecule has 1 atom stereocenters. The molecule has 2 aromatic carbocycles.